The second-order valence-corrected chi connectivity index (χ2v) is 9.25. The zero-order valence-corrected chi connectivity index (χ0v) is 18.2. The molecule has 0 N–H and O–H groups in total. The number of hydrogen-bond acceptors (Lipinski definition) is 7. The predicted octanol–water partition coefficient (Wildman–Crippen LogP) is 2.21. The molecular formula is C21H25N5O3S. The molecule has 2 aliphatic rings. The summed E-state index contributed by atoms with van der Waals surface area (Å²) in [5.41, 5.74) is 0.751. The predicted molar refractivity (Wildman–Crippen MR) is 114 cm³/mol. The van der Waals surface area contributed by atoms with Crippen molar-refractivity contribution in [2.75, 3.05) is 31.1 Å². The molecule has 1 fully saturated rings. The second-order valence-electron chi connectivity index (χ2n) is 8.09. The van der Waals surface area contributed by atoms with Gasteiger partial charge in [0.25, 0.3) is 11.8 Å². The summed E-state index contributed by atoms with van der Waals surface area (Å²) in [5.74, 6) is -0.754. The molecule has 4 rings (SSSR count). The van der Waals surface area contributed by atoms with E-state index < -0.39 is 6.04 Å². The highest BCUT2D eigenvalue weighted by atomic mass is 32.1. The Kier molecular flexibility index (Phi) is 5.55. The van der Waals surface area contributed by atoms with Crippen LogP contribution in [0.25, 0.3) is 0 Å². The minimum atomic E-state index is -0.785. The Morgan fingerprint density at radius 2 is 1.63 bits per heavy atom. The number of anilines is 1. The number of carbonyl (C=O) groups is 3. The van der Waals surface area contributed by atoms with Crippen LogP contribution in [-0.4, -0.2) is 69.9 Å². The number of rotatable bonds is 5. The summed E-state index contributed by atoms with van der Waals surface area (Å²) in [6.07, 6.45) is 0.445. The number of fused-ring (bicyclic) bond motifs is 1. The average molecular weight is 428 g/mol. The fraction of sp³-hybridized carbons (Fsp3) is 0.476. The van der Waals surface area contributed by atoms with E-state index in [1.165, 1.54) is 16.2 Å². The molecule has 9 heteroatoms. The molecule has 1 aromatic carbocycles. The van der Waals surface area contributed by atoms with Crippen molar-refractivity contribution < 1.29 is 14.4 Å². The number of benzene rings is 1. The van der Waals surface area contributed by atoms with Crippen molar-refractivity contribution in [1.82, 2.24) is 20.0 Å². The minimum absolute atomic E-state index is 0.161. The third-order valence-corrected chi connectivity index (χ3v) is 6.39. The van der Waals surface area contributed by atoms with Gasteiger partial charge < -0.3 is 9.80 Å². The summed E-state index contributed by atoms with van der Waals surface area (Å²) in [6, 6.07) is 5.99. The monoisotopic (exact) mass is 427 g/mol. The van der Waals surface area contributed by atoms with Crippen LogP contribution in [-0.2, 0) is 4.79 Å². The number of nitrogens with zero attached hydrogens (tertiary/aromatic N) is 5. The summed E-state index contributed by atoms with van der Waals surface area (Å²) in [5, 5.41) is 10.0. The van der Waals surface area contributed by atoms with Crippen molar-refractivity contribution in [3.8, 4) is 0 Å². The van der Waals surface area contributed by atoms with E-state index in [1.807, 2.05) is 20.8 Å². The third-order valence-electron chi connectivity index (χ3n) is 5.49. The number of piperazine rings is 1. The molecule has 1 atom stereocenters. The highest BCUT2D eigenvalue weighted by Gasteiger charge is 2.44. The molecule has 1 unspecified atom stereocenters. The van der Waals surface area contributed by atoms with E-state index in [0.717, 1.165) is 10.1 Å². The van der Waals surface area contributed by atoms with Crippen LogP contribution in [0.1, 0.15) is 46.0 Å². The van der Waals surface area contributed by atoms with E-state index >= 15 is 0 Å². The van der Waals surface area contributed by atoms with Gasteiger partial charge >= 0.3 is 0 Å². The zero-order chi connectivity index (χ0) is 21.4. The maximum atomic E-state index is 13.4. The normalized spacial score (nSPS) is 17.7. The smallest absolute Gasteiger partial charge is 0.262 e. The van der Waals surface area contributed by atoms with Gasteiger partial charge in [0.15, 0.2) is 0 Å². The molecule has 0 bridgehead atoms. The van der Waals surface area contributed by atoms with E-state index in [9.17, 15) is 14.4 Å². The number of aryl methyl sites for hydroxylation is 1. The molecule has 0 saturated carbocycles. The summed E-state index contributed by atoms with van der Waals surface area (Å²) in [4.78, 5) is 44.4. The van der Waals surface area contributed by atoms with Gasteiger partial charge in [0, 0.05) is 26.2 Å². The molecular weight excluding hydrogens is 402 g/mol. The molecule has 30 heavy (non-hydrogen) atoms. The van der Waals surface area contributed by atoms with Crippen molar-refractivity contribution in [3.05, 3.63) is 40.4 Å². The van der Waals surface area contributed by atoms with Gasteiger partial charge in [-0.15, -0.1) is 10.2 Å². The summed E-state index contributed by atoms with van der Waals surface area (Å²) in [7, 11) is 0. The van der Waals surface area contributed by atoms with E-state index in [-0.39, 0.29) is 23.6 Å². The van der Waals surface area contributed by atoms with Crippen LogP contribution >= 0.6 is 11.3 Å². The van der Waals surface area contributed by atoms with Crippen molar-refractivity contribution in [1.29, 1.82) is 0 Å². The van der Waals surface area contributed by atoms with Gasteiger partial charge in [0.1, 0.15) is 11.0 Å². The Labute approximate surface area is 179 Å². The van der Waals surface area contributed by atoms with Gasteiger partial charge in [-0.25, -0.2) is 0 Å². The molecule has 3 heterocycles. The number of carbonyl (C=O) groups excluding carboxylic acids is 3. The third kappa shape index (κ3) is 3.69. The molecule has 0 aliphatic carbocycles. The molecule has 2 aliphatic heterocycles. The SMILES string of the molecule is Cc1nnc(N2CCN(C(=O)C(CC(C)C)N3C(=O)c4ccccc4C3=O)CC2)s1. The quantitative estimate of drug-likeness (QED) is 0.680. The van der Waals surface area contributed by atoms with Crippen molar-refractivity contribution in [3.63, 3.8) is 0 Å². The largest absolute Gasteiger partial charge is 0.343 e. The molecule has 1 saturated heterocycles. The lowest BCUT2D eigenvalue weighted by molar-refractivity contribution is -0.136. The highest BCUT2D eigenvalue weighted by molar-refractivity contribution is 7.15. The highest BCUT2D eigenvalue weighted by Crippen LogP contribution is 2.28. The first-order chi connectivity index (χ1) is 14.4. The first kappa shape index (κ1) is 20.5. The topological polar surface area (TPSA) is 86.7 Å². The lowest BCUT2D eigenvalue weighted by Crippen LogP contribution is -2.56. The van der Waals surface area contributed by atoms with E-state index in [1.54, 1.807) is 29.2 Å². The Hall–Kier alpha value is -2.81. The number of imide groups is 1. The van der Waals surface area contributed by atoms with Crippen LogP contribution in [0.5, 0.6) is 0 Å². The number of hydrogen-bond donors (Lipinski definition) is 0. The first-order valence-electron chi connectivity index (χ1n) is 10.2. The molecule has 3 amide bonds. The Morgan fingerprint density at radius 3 is 2.13 bits per heavy atom. The minimum Gasteiger partial charge on any atom is -0.343 e. The number of amides is 3. The maximum absolute atomic E-state index is 13.4. The summed E-state index contributed by atoms with van der Waals surface area (Å²) >= 11 is 1.54. The standard InChI is InChI=1S/C21H25N5O3S/c1-13(2)12-17(26-18(27)15-6-4-5-7-16(15)19(26)28)20(29)24-8-10-25(11-9-24)21-23-22-14(3)30-21/h4-7,13,17H,8-12H2,1-3H3. The molecule has 1 aromatic heterocycles. The van der Waals surface area contributed by atoms with Crippen LogP contribution in [0, 0.1) is 12.8 Å². The van der Waals surface area contributed by atoms with Gasteiger partial charge in [-0.3, -0.25) is 19.3 Å². The second kappa shape index (κ2) is 8.14. The average Bonchev–Trinajstić information content (AvgIpc) is 3.28. The van der Waals surface area contributed by atoms with Crippen LogP contribution in [0.4, 0.5) is 5.13 Å². The van der Waals surface area contributed by atoms with Gasteiger partial charge in [-0.1, -0.05) is 37.3 Å². The molecule has 158 valence electrons. The Bertz CT molecular complexity index is 946. The van der Waals surface area contributed by atoms with Crippen molar-refractivity contribution >= 4 is 34.2 Å². The Balaban J connectivity index is 1.51. The van der Waals surface area contributed by atoms with Crippen LogP contribution in [0.3, 0.4) is 0 Å². The fourth-order valence-electron chi connectivity index (χ4n) is 4.00. The van der Waals surface area contributed by atoms with Crippen LogP contribution < -0.4 is 4.90 Å². The van der Waals surface area contributed by atoms with Gasteiger partial charge in [0.05, 0.1) is 11.1 Å². The van der Waals surface area contributed by atoms with E-state index in [2.05, 4.69) is 15.1 Å². The zero-order valence-electron chi connectivity index (χ0n) is 17.4. The van der Waals surface area contributed by atoms with Crippen LogP contribution in [0.2, 0.25) is 0 Å². The maximum Gasteiger partial charge on any atom is 0.262 e. The van der Waals surface area contributed by atoms with Crippen LogP contribution in [0.15, 0.2) is 24.3 Å². The summed E-state index contributed by atoms with van der Waals surface area (Å²) < 4.78 is 0. The van der Waals surface area contributed by atoms with Gasteiger partial charge in [-0.2, -0.15) is 0 Å². The molecule has 2 aromatic rings. The van der Waals surface area contributed by atoms with E-state index in [4.69, 9.17) is 0 Å². The molecule has 0 spiro atoms. The Morgan fingerprint density at radius 1 is 1.03 bits per heavy atom. The number of aromatic nitrogens is 2. The van der Waals surface area contributed by atoms with Gasteiger partial charge in [0.2, 0.25) is 11.0 Å². The summed E-state index contributed by atoms with van der Waals surface area (Å²) in [6.45, 7) is 8.25. The first-order valence-corrected chi connectivity index (χ1v) is 11.0. The van der Waals surface area contributed by atoms with Crippen molar-refractivity contribution in [2.24, 2.45) is 5.92 Å². The lowest BCUT2D eigenvalue weighted by atomic mass is 10.0. The van der Waals surface area contributed by atoms with Crippen molar-refractivity contribution in [2.45, 2.75) is 33.2 Å². The molecule has 8 nitrogen and oxygen atoms in total. The lowest BCUT2D eigenvalue weighted by Gasteiger charge is -2.38. The van der Waals surface area contributed by atoms with Gasteiger partial charge in [-0.05, 0) is 31.4 Å². The molecule has 0 radical (unpaired) electrons. The fourth-order valence-corrected chi connectivity index (χ4v) is 4.74. The van der Waals surface area contributed by atoms with E-state index in [0.29, 0.717) is 43.7 Å².